The normalized spacial score (nSPS) is 15.6. The molecule has 0 saturated heterocycles. The lowest BCUT2D eigenvalue weighted by molar-refractivity contribution is -0.0505. The summed E-state index contributed by atoms with van der Waals surface area (Å²) in [5.41, 5.74) is 4.04. The number of imidazole rings is 1. The molecule has 30 heavy (non-hydrogen) atoms. The summed E-state index contributed by atoms with van der Waals surface area (Å²) in [5, 5.41) is 4.00. The summed E-state index contributed by atoms with van der Waals surface area (Å²) in [6, 6.07) is 21.6. The molecule has 150 valence electrons. The third-order valence-electron chi connectivity index (χ3n) is 5.05. The van der Waals surface area contributed by atoms with Crippen LogP contribution in [0.3, 0.4) is 0 Å². The minimum Gasteiger partial charge on any atom is -0.434 e. The number of hydrogen-bond acceptors (Lipinski definition) is 3. The molecule has 1 unspecified atom stereocenters. The highest BCUT2D eigenvalue weighted by Crippen LogP contribution is 2.40. The topological polar surface area (TPSA) is 39.1 Å². The molecule has 2 heterocycles. The van der Waals surface area contributed by atoms with E-state index in [1.54, 1.807) is 30.3 Å². The van der Waals surface area contributed by atoms with Gasteiger partial charge in [-0.25, -0.2) is 4.98 Å². The van der Waals surface area contributed by atoms with Gasteiger partial charge in [0.25, 0.3) is 0 Å². The summed E-state index contributed by atoms with van der Waals surface area (Å²) >= 11 is 6.03. The van der Waals surface area contributed by atoms with Crippen molar-refractivity contribution >= 4 is 34.3 Å². The molecule has 1 aliphatic rings. The molecule has 0 fully saturated rings. The van der Waals surface area contributed by atoms with Crippen molar-refractivity contribution in [3.8, 4) is 5.75 Å². The maximum atomic E-state index is 13.1. The molecule has 4 nitrogen and oxygen atoms in total. The molecule has 0 saturated carbocycles. The van der Waals surface area contributed by atoms with Crippen molar-refractivity contribution in [3.63, 3.8) is 0 Å². The molecule has 1 aliphatic heterocycles. The number of rotatable bonds is 4. The van der Waals surface area contributed by atoms with Gasteiger partial charge in [-0.3, -0.25) is 4.57 Å². The Morgan fingerprint density at radius 3 is 2.50 bits per heavy atom. The van der Waals surface area contributed by atoms with Gasteiger partial charge in [0.2, 0.25) is 5.95 Å². The SMILES string of the molecule is FC(F)Oc1ccccc1C1C=C(c2ccc(Cl)cc2)Nc2nc3ccccc3n21. The van der Waals surface area contributed by atoms with Crippen LogP contribution in [-0.2, 0) is 0 Å². The molecular formula is C23H16ClF2N3O. The van der Waals surface area contributed by atoms with Crippen molar-refractivity contribution in [2.45, 2.75) is 12.7 Å². The van der Waals surface area contributed by atoms with E-state index < -0.39 is 12.7 Å². The van der Waals surface area contributed by atoms with Crippen LogP contribution in [0.2, 0.25) is 5.02 Å². The van der Waals surface area contributed by atoms with E-state index >= 15 is 0 Å². The third-order valence-corrected chi connectivity index (χ3v) is 5.31. The van der Waals surface area contributed by atoms with Crippen LogP contribution in [0, 0.1) is 0 Å². The Bertz CT molecular complexity index is 1250. The first-order valence-electron chi connectivity index (χ1n) is 9.35. The minimum absolute atomic E-state index is 0.134. The fraction of sp³-hybridized carbons (Fsp3) is 0.0870. The highest BCUT2D eigenvalue weighted by atomic mass is 35.5. The quantitative estimate of drug-likeness (QED) is 0.416. The Hall–Kier alpha value is -3.38. The summed E-state index contributed by atoms with van der Waals surface area (Å²) in [6.45, 7) is -2.91. The molecule has 3 aromatic carbocycles. The lowest BCUT2D eigenvalue weighted by atomic mass is 10.00. The van der Waals surface area contributed by atoms with E-state index in [4.69, 9.17) is 21.3 Å². The molecule has 0 spiro atoms. The molecule has 5 rings (SSSR count). The van der Waals surface area contributed by atoms with Gasteiger partial charge in [0.05, 0.1) is 17.1 Å². The number of nitrogens with zero attached hydrogens (tertiary/aromatic N) is 2. The monoisotopic (exact) mass is 423 g/mol. The number of benzene rings is 3. The fourth-order valence-corrected chi connectivity index (χ4v) is 3.89. The van der Waals surface area contributed by atoms with Crippen LogP contribution in [0.4, 0.5) is 14.7 Å². The number of ether oxygens (including phenoxy) is 1. The van der Waals surface area contributed by atoms with Crippen LogP contribution in [-0.4, -0.2) is 16.2 Å². The summed E-state index contributed by atoms with van der Waals surface area (Å²) in [4.78, 5) is 4.71. The second kappa shape index (κ2) is 7.46. The highest BCUT2D eigenvalue weighted by molar-refractivity contribution is 6.30. The Morgan fingerprint density at radius 2 is 1.70 bits per heavy atom. The summed E-state index contributed by atoms with van der Waals surface area (Å²) in [7, 11) is 0. The molecule has 1 atom stereocenters. The predicted molar refractivity (Wildman–Crippen MR) is 114 cm³/mol. The Kier molecular flexibility index (Phi) is 4.64. The van der Waals surface area contributed by atoms with Gasteiger partial charge in [-0.15, -0.1) is 0 Å². The Labute approximate surface area is 176 Å². The Balaban J connectivity index is 1.71. The summed E-state index contributed by atoms with van der Waals surface area (Å²) in [5.74, 6) is 0.760. The van der Waals surface area contributed by atoms with E-state index in [-0.39, 0.29) is 5.75 Å². The van der Waals surface area contributed by atoms with E-state index in [0.717, 1.165) is 22.3 Å². The van der Waals surface area contributed by atoms with Crippen molar-refractivity contribution in [2.24, 2.45) is 0 Å². The van der Waals surface area contributed by atoms with Crippen LogP contribution >= 0.6 is 11.6 Å². The van der Waals surface area contributed by atoms with E-state index in [1.807, 2.05) is 53.1 Å². The number of aromatic nitrogens is 2. The van der Waals surface area contributed by atoms with Gasteiger partial charge in [0.15, 0.2) is 0 Å². The zero-order chi connectivity index (χ0) is 20.7. The van der Waals surface area contributed by atoms with Crippen LogP contribution in [0.15, 0.2) is 78.9 Å². The second-order valence-corrected chi connectivity index (χ2v) is 7.30. The largest absolute Gasteiger partial charge is 0.434 e. The number of nitrogens with one attached hydrogen (secondary N) is 1. The van der Waals surface area contributed by atoms with Crippen molar-refractivity contribution < 1.29 is 13.5 Å². The molecule has 0 amide bonds. The average molecular weight is 424 g/mol. The molecule has 4 aromatic rings. The first-order chi connectivity index (χ1) is 14.6. The fourth-order valence-electron chi connectivity index (χ4n) is 3.76. The number of halogens is 3. The first kappa shape index (κ1) is 18.6. The third kappa shape index (κ3) is 3.29. The van der Waals surface area contributed by atoms with Gasteiger partial charge in [0.1, 0.15) is 5.75 Å². The van der Waals surface area contributed by atoms with Gasteiger partial charge in [-0.1, -0.05) is 54.1 Å². The van der Waals surface area contributed by atoms with Crippen LogP contribution in [0.25, 0.3) is 16.7 Å². The lowest BCUT2D eigenvalue weighted by Gasteiger charge is -2.27. The van der Waals surface area contributed by atoms with Gasteiger partial charge < -0.3 is 10.1 Å². The van der Waals surface area contributed by atoms with Crippen LogP contribution in [0.1, 0.15) is 17.2 Å². The number of hydrogen-bond donors (Lipinski definition) is 1. The molecule has 0 aliphatic carbocycles. The van der Waals surface area contributed by atoms with Gasteiger partial charge in [0, 0.05) is 16.3 Å². The number of allylic oxidation sites excluding steroid dienone is 1. The number of anilines is 1. The van der Waals surface area contributed by atoms with Crippen molar-refractivity contribution in [1.82, 2.24) is 9.55 Å². The number of para-hydroxylation sites is 3. The van der Waals surface area contributed by atoms with Gasteiger partial charge in [-0.05, 0) is 42.0 Å². The standard InChI is InChI=1S/C23H16ClF2N3O/c24-15-11-9-14(10-12-15)18-13-20(16-5-1-4-8-21(16)30-22(25)26)29-19-7-3-2-6-17(19)27-23(29)28-18/h1-13,20,22H,(H,27,28). The first-order valence-corrected chi connectivity index (χ1v) is 9.73. The minimum atomic E-state index is -2.91. The zero-order valence-corrected chi connectivity index (χ0v) is 16.4. The average Bonchev–Trinajstić information content (AvgIpc) is 3.12. The van der Waals surface area contributed by atoms with E-state index in [9.17, 15) is 8.78 Å². The summed E-state index contributed by atoms with van der Waals surface area (Å²) in [6.07, 6.45) is 1.98. The van der Waals surface area contributed by atoms with Crippen LogP contribution in [0.5, 0.6) is 5.75 Å². The van der Waals surface area contributed by atoms with E-state index in [1.165, 1.54) is 0 Å². The smallest absolute Gasteiger partial charge is 0.387 e. The lowest BCUT2D eigenvalue weighted by Crippen LogP contribution is -2.20. The molecule has 0 radical (unpaired) electrons. The zero-order valence-electron chi connectivity index (χ0n) is 15.6. The molecular weight excluding hydrogens is 408 g/mol. The number of alkyl halides is 2. The molecule has 1 N–H and O–H groups in total. The maximum absolute atomic E-state index is 13.1. The van der Waals surface area contributed by atoms with E-state index in [2.05, 4.69) is 5.32 Å². The molecule has 0 bridgehead atoms. The van der Waals surface area contributed by atoms with Crippen molar-refractivity contribution in [2.75, 3.05) is 5.32 Å². The van der Waals surface area contributed by atoms with Crippen molar-refractivity contribution in [1.29, 1.82) is 0 Å². The highest BCUT2D eigenvalue weighted by Gasteiger charge is 2.27. The predicted octanol–water partition coefficient (Wildman–Crippen LogP) is 6.35. The van der Waals surface area contributed by atoms with E-state index in [0.29, 0.717) is 16.5 Å². The Morgan fingerprint density at radius 1 is 0.967 bits per heavy atom. The maximum Gasteiger partial charge on any atom is 0.387 e. The molecule has 7 heteroatoms. The van der Waals surface area contributed by atoms with Crippen LogP contribution < -0.4 is 10.1 Å². The van der Waals surface area contributed by atoms with Gasteiger partial charge in [-0.2, -0.15) is 8.78 Å². The number of fused-ring (bicyclic) bond motifs is 3. The van der Waals surface area contributed by atoms with Crippen molar-refractivity contribution in [3.05, 3.63) is 95.0 Å². The second-order valence-electron chi connectivity index (χ2n) is 6.87. The van der Waals surface area contributed by atoms with Gasteiger partial charge >= 0.3 is 6.61 Å². The molecule has 1 aromatic heterocycles. The summed E-state index contributed by atoms with van der Waals surface area (Å²) < 4.78 is 32.9.